The molecule has 0 saturated heterocycles. The van der Waals surface area contributed by atoms with Crippen molar-refractivity contribution >= 4 is 0 Å². The van der Waals surface area contributed by atoms with E-state index in [0.717, 1.165) is 6.54 Å². The summed E-state index contributed by atoms with van der Waals surface area (Å²) in [5.74, 6) is 0. The number of pyridine rings is 1. The molecule has 0 aromatic carbocycles. The average Bonchev–Trinajstić information content (AvgIpc) is 2.35. The number of likely N-dealkylation sites (N-methyl/N-ethyl adjacent to an activating group) is 2. The van der Waals surface area contributed by atoms with E-state index in [1.807, 2.05) is 18.5 Å². The molecule has 106 valence electrons. The topological polar surface area (TPSA) is 45.4 Å². The van der Waals surface area contributed by atoms with Crippen molar-refractivity contribution in [3.05, 3.63) is 30.1 Å². The van der Waals surface area contributed by atoms with Gasteiger partial charge in [-0.3, -0.25) is 9.88 Å². The third-order valence-electron chi connectivity index (χ3n) is 4.60. The molecule has 1 heterocycles. The minimum absolute atomic E-state index is 0.256. The summed E-state index contributed by atoms with van der Waals surface area (Å²) in [6.07, 6.45) is 7.65. The molecule has 0 spiro atoms. The molecule has 2 N–H and O–H groups in total. The van der Waals surface area contributed by atoms with Gasteiger partial charge in [0, 0.05) is 37.1 Å². The predicted octanol–water partition coefficient (Wildman–Crippen LogP) is 1.50. The molecule has 1 aliphatic rings. The second-order valence-corrected chi connectivity index (χ2v) is 5.93. The first-order chi connectivity index (χ1) is 9.09. The fourth-order valence-corrected chi connectivity index (χ4v) is 3.05. The Morgan fingerprint density at radius 2 is 2.11 bits per heavy atom. The maximum atomic E-state index is 5.98. The van der Waals surface area contributed by atoms with Crippen LogP contribution in [0.15, 0.2) is 24.5 Å². The molecular formula is C15H26N4. The number of aromatic nitrogens is 1. The van der Waals surface area contributed by atoms with Crippen molar-refractivity contribution in [1.82, 2.24) is 14.8 Å². The van der Waals surface area contributed by atoms with E-state index in [9.17, 15) is 0 Å². The van der Waals surface area contributed by atoms with Gasteiger partial charge in [-0.1, -0.05) is 6.07 Å². The summed E-state index contributed by atoms with van der Waals surface area (Å²) in [6, 6.07) is 4.35. The molecule has 1 atom stereocenters. The molecule has 1 aromatic heterocycles. The van der Waals surface area contributed by atoms with Gasteiger partial charge in [0.1, 0.15) is 0 Å². The molecular weight excluding hydrogens is 236 g/mol. The van der Waals surface area contributed by atoms with Crippen LogP contribution in [0.3, 0.4) is 0 Å². The van der Waals surface area contributed by atoms with Gasteiger partial charge in [0.2, 0.25) is 0 Å². The summed E-state index contributed by atoms with van der Waals surface area (Å²) >= 11 is 0. The molecule has 1 saturated carbocycles. The highest BCUT2D eigenvalue weighted by atomic mass is 15.2. The normalized spacial score (nSPS) is 19.5. The lowest BCUT2D eigenvalue weighted by molar-refractivity contribution is 0.0167. The van der Waals surface area contributed by atoms with Crippen molar-refractivity contribution in [2.24, 2.45) is 5.73 Å². The minimum Gasteiger partial charge on any atom is -0.329 e. The number of hydrogen-bond donors (Lipinski definition) is 1. The van der Waals surface area contributed by atoms with Gasteiger partial charge in [0.05, 0.1) is 0 Å². The summed E-state index contributed by atoms with van der Waals surface area (Å²) < 4.78 is 0. The molecule has 0 aliphatic heterocycles. The molecule has 1 unspecified atom stereocenters. The van der Waals surface area contributed by atoms with Crippen molar-refractivity contribution in [1.29, 1.82) is 0 Å². The first-order valence-electron chi connectivity index (χ1n) is 7.07. The molecule has 2 rings (SSSR count). The van der Waals surface area contributed by atoms with Gasteiger partial charge in [-0.15, -0.1) is 0 Å². The van der Waals surface area contributed by atoms with Gasteiger partial charge < -0.3 is 10.6 Å². The van der Waals surface area contributed by atoms with E-state index in [0.29, 0.717) is 12.1 Å². The lowest BCUT2D eigenvalue weighted by atomic mass is 9.75. The smallest absolute Gasteiger partial charge is 0.0483 e. The number of hydrogen-bond acceptors (Lipinski definition) is 4. The van der Waals surface area contributed by atoms with Crippen LogP contribution < -0.4 is 5.73 Å². The van der Waals surface area contributed by atoms with Gasteiger partial charge in [-0.2, -0.15) is 0 Å². The van der Waals surface area contributed by atoms with E-state index in [1.165, 1.54) is 24.8 Å². The van der Waals surface area contributed by atoms with E-state index in [4.69, 9.17) is 5.73 Å². The van der Waals surface area contributed by atoms with Crippen LogP contribution in [-0.4, -0.2) is 54.6 Å². The summed E-state index contributed by atoms with van der Waals surface area (Å²) in [5, 5.41) is 0. The van der Waals surface area contributed by atoms with Crippen LogP contribution in [0.5, 0.6) is 0 Å². The summed E-state index contributed by atoms with van der Waals surface area (Å²) in [5.41, 5.74) is 7.52. The second kappa shape index (κ2) is 5.99. The summed E-state index contributed by atoms with van der Waals surface area (Å²) in [4.78, 5) is 8.97. The van der Waals surface area contributed by atoms with Crippen molar-refractivity contribution in [2.45, 2.75) is 30.8 Å². The zero-order chi connectivity index (χ0) is 13.9. The predicted molar refractivity (Wildman–Crippen MR) is 78.9 cm³/mol. The molecule has 4 nitrogen and oxygen atoms in total. The Morgan fingerprint density at radius 3 is 2.53 bits per heavy atom. The molecule has 0 bridgehead atoms. The van der Waals surface area contributed by atoms with Crippen LogP contribution in [0.4, 0.5) is 0 Å². The van der Waals surface area contributed by atoms with Crippen LogP contribution >= 0.6 is 0 Å². The fourth-order valence-electron chi connectivity index (χ4n) is 3.05. The van der Waals surface area contributed by atoms with Crippen LogP contribution in [0, 0.1) is 0 Å². The summed E-state index contributed by atoms with van der Waals surface area (Å²) in [7, 11) is 6.55. The lowest BCUT2D eigenvalue weighted by Crippen LogP contribution is -2.57. The van der Waals surface area contributed by atoms with Crippen LogP contribution in [0.1, 0.15) is 30.9 Å². The van der Waals surface area contributed by atoms with Gasteiger partial charge in [0.25, 0.3) is 0 Å². The van der Waals surface area contributed by atoms with E-state index < -0.39 is 0 Å². The minimum atomic E-state index is 0.256. The highest BCUT2D eigenvalue weighted by molar-refractivity contribution is 5.15. The van der Waals surface area contributed by atoms with Gasteiger partial charge in [-0.05, 0) is 52.0 Å². The van der Waals surface area contributed by atoms with Crippen LogP contribution in [-0.2, 0) is 0 Å². The highest BCUT2D eigenvalue weighted by Crippen LogP contribution is 2.37. The third-order valence-corrected chi connectivity index (χ3v) is 4.60. The van der Waals surface area contributed by atoms with E-state index >= 15 is 0 Å². The van der Waals surface area contributed by atoms with Crippen molar-refractivity contribution in [3.63, 3.8) is 0 Å². The Bertz CT molecular complexity index is 386. The third kappa shape index (κ3) is 2.96. The Hall–Kier alpha value is -0.970. The van der Waals surface area contributed by atoms with Gasteiger partial charge in [-0.25, -0.2) is 0 Å². The molecule has 1 aromatic rings. The van der Waals surface area contributed by atoms with E-state index in [-0.39, 0.29) is 6.04 Å². The SMILES string of the molecule is CN(CC1(N(C)C)CCC1)C(CN)c1cccnc1. The molecule has 1 fully saturated rings. The van der Waals surface area contributed by atoms with E-state index in [1.54, 1.807) is 0 Å². The Balaban J connectivity index is 2.07. The largest absolute Gasteiger partial charge is 0.329 e. The first-order valence-corrected chi connectivity index (χ1v) is 7.07. The van der Waals surface area contributed by atoms with Gasteiger partial charge >= 0.3 is 0 Å². The molecule has 0 amide bonds. The number of nitrogens with zero attached hydrogens (tertiary/aromatic N) is 3. The van der Waals surface area contributed by atoms with Gasteiger partial charge in [0.15, 0.2) is 0 Å². The Morgan fingerprint density at radius 1 is 1.37 bits per heavy atom. The van der Waals surface area contributed by atoms with Crippen LogP contribution in [0.2, 0.25) is 0 Å². The number of nitrogens with two attached hydrogens (primary N) is 1. The average molecular weight is 262 g/mol. The molecule has 19 heavy (non-hydrogen) atoms. The summed E-state index contributed by atoms with van der Waals surface area (Å²) in [6.45, 7) is 1.70. The zero-order valence-electron chi connectivity index (χ0n) is 12.3. The first kappa shape index (κ1) is 14.4. The highest BCUT2D eigenvalue weighted by Gasteiger charge is 2.40. The molecule has 4 heteroatoms. The van der Waals surface area contributed by atoms with Crippen molar-refractivity contribution in [2.75, 3.05) is 34.2 Å². The lowest BCUT2D eigenvalue weighted by Gasteiger charge is -2.50. The van der Waals surface area contributed by atoms with Crippen molar-refractivity contribution < 1.29 is 0 Å². The molecule has 1 aliphatic carbocycles. The maximum absolute atomic E-state index is 5.98. The maximum Gasteiger partial charge on any atom is 0.0483 e. The molecule has 0 radical (unpaired) electrons. The van der Waals surface area contributed by atoms with Crippen molar-refractivity contribution in [3.8, 4) is 0 Å². The monoisotopic (exact) mass is 262 g/mol. The second-order valence-electron chi connectivity index (χ2n) is 5.93. The van der Waals surface area contributed by atoms with E-state index in [2.05, 4.69) is 42.0 Å². The number of rotatable bonds is 6. The Kier molecular flexibility index (Phi) is 4.55. The quantitative estimate of drug-likeness (QED) is 0.844. The van der Waals surface area contributed by atoms with Crippen LogP contribution in [0.25, 0.3) is 0 Å². The zero-order valence-corrected chi connectivity index (χ0v) is 12.3. The fraction of sp³-hybridized carbons (Fsp3) is 0.667. The Labute approximate surface area is 116 Å². The standard InChI is InChI=1S/C15H26N4/c1-18(2)15(7-5-8-15)12-19(3)14(10-16)13-6-4-9-17-11-13/h4,6,9,11,14H,5,7-8,10,12,16H2,1-3H3.